The van der Waals surface area contributed by atoms with Crippen molar-refractivity contribution >= 4 is 17.6 Å². The van der Waals surface area contributed by atoms with Crippen LogP contribution in [0, 0.1) is 0 Å². The lowest BCUT2D eigenvalue weighted by Gasteiger charge is -2.12. The summed E-state index contributed by atoms with van der Waals surface area (Å²) < 4.78 is 16.5. The third-order valence-corrected chi connectivity index (χ3v) is 3.69. The van der Waals surface area contributed by atoms with E-state index < -0.39 is 0 Å². The predicted molar refractivity (Wildman–Crippen MR) is 103 cm³/mol. The lowest BCUT2D eigenvalue weighted by Crippen LogP contribution is -2.10. The number of hydrogen-bond acceptors (Lipinski definition) is 4. The molecule has 0 saturated heterocycles. The monoisotopic (exact) mass is 374 g/mol. The van der Waals surface area contributed by atoms with E-state index >= 15 is 0 Å². The quantitative estimate of drug-likeness (QED) is 0.316. The van der Waals surface area contributed by atoms with Crippen LogP contribution in [0.2, 0.25) is 5.02 Å². The highest BCUT2D eigenvalue weighted by molar-refractivity contribution is 6.30. The summed E-state index contributed by atoms with van der Waals surface area (Å²) in [6, 6.07) is 14.4. The van der Waals surface area contributed by atoms with E-state index in [-0.39, 0.29) is 12.1 Å². The van der Waals surface area contributed by atoms with E-state index in [2.05, 4.69) is 0 Å². The molecule has 0 aliphatic rings. The molecule has 2 rings (SSSR count). The normalized spacial score (nSPS) is 12.0. The van der Waals surface area contributed by atoms with Crippen LogP contribution in [0.3, 0.4) is 0 Å². The van der Waals surface area contributed by atoms with Gasteiger partial charge >= 0.3 is 5.97 Å². The molecule has 2 aromatic carbocycles. The molecule has 138 valence electrons. The van der Waals surface area contributed by atoms with Crippen LogP contribution < -0.4 is 9.47 Å². The highest BCUT2D eigenvalue weighted by atomic mass is 35.5. The average Bonchev–Trinajstić information content (AvgIpc) is 2.64. The lowest BCUT2D eigenvalue weighted by molar-refractivity contribution is -0.137. The van der Waals surface area contributed by atoms with Crippen LogP contribution in [0.1, 0.15) is 26.7 Å². The summed E-state index contributed by atoms with van der Waals surface area (Å²) in [6.45, 7) is 4.35. The van der Waals surface area contributed by atoms with Crippen LogP contribution in [0.15, 0.2) is 60.7 Å². The van der Waals surface area contributed by atoms with Crippen LogP contribution in [0.5, 0.6) is 17.2 Å². The molecule has 5 heteroatoms. The molecule has 0 amide bonds. The van der Waals surface area contributed by atoms with Crippen molar-refractivity contribution in [2.75, 3.05) is 6.61 Å². The van der Waals surface area contributed by atoms with E-state index in [1.165, 1.54) is 6.08 Å². The van der Waals surface area contributed by atoms with E-state index in [4.69, 9.17) is 25.8 Å². The van der Waals surface area contributed by atoms with E-state index in [0.717, 1.165) is 12.8 Å². The number of rotatable bonds is 9. The Morgan fingerprint density at radius 3 is 2.23 bits per heavy atom. The van der Waals surface area contributed by atoms with Crippen molar-refractivity contribution < 1.29 is 19.0 Å². The molecule has 0 aliphatic heterocycles. The third-order valence-electron chi connectivity index (χ3n) is 3.44. The zero-order chi connectivity index (χ0) is 18.8. The van der Waals surface area contributed by atoms with Gasteiger partial charge < -0.3 is 14.2 Å². The van der Waals surface area contributed by atoms with Crippen molar-refractivity contribution in [3.8, 4) is 17.2 Å². The maximum Gasteiger partial charge on any atom is 0.330 e. The minimum Gasteiger partial charge on any atom is -0.487 e. The summed E-state index contributed by atoms with van der Waals surface area (Å²) in [6.07, 6.45) is 4.69. The van der Waals surface area contributed by atoms with Crippen LogP contribution in [0.4, 0.5) is 0 Å². The number of halogens is 1. The van der Waals surface area contributed by atoms with Gasteiger partial charge in [0.2, 0.25) is 0 Å². The van der Waals surface area contributed by atoms with E-state index in [0.29, 0.717) is 28.9 Å². The van der Waals surface area contributed by atoms with Gasteiger partial charge in [-0.25, -0.2) is 4.79 Å². The fraction of sp³-hybridized carbons (Fsp3) is 0.286. The Bertz CT molecular complexity index is 708. The smallest absolute Gasteiger partial charge is 0.330 e. The van der Waals surface area contributed by atoms with Gasteiger partial charge in [-0.2, -0.15) is 0 Å². The Kier molecular flexibility index (Phi) is 8.03. The fourth-order valence-corrected chi connectivity index (χ4v) is 2.18. The molecule has 1 atom stereocenters. The molecule has 0 heterocycles. The Morgan fingerprint density at radius 2 is 1.62 bits per heavy atom. The Hall–Kier alpha value is -2.46. The van der Waals surface area contributed by atoms with Gasteiger partial charge in [0.15, 0.2) is 0 Å². The molecular formula is C21H23ClO4. The van der Waals surface area contributed by atoms with Crippen molar-refractivity contribution in [2.45, 2.75) is 32.8 Å². The maximum atomic E-state index is 11.5. The standard InChI is InChI=1S/C21H23ClO4/c1-3-4-15-24-21(23)14-5-16(2)25-18-10-12-20(13-11-18)26-19-8-6-17(22)7-9-19/h5-14,16H,3-4,15H2,1-2H3. The number of unbranched alkanes of at least 4 members (excludes halogenated alkanes) is 1. The lowest BCUT2D eigenvalue weighted by atomic mass is 10.3. The van der Waals surface area contributed by atoms with Gasteiger partial charge in [0.25, 0.3) is 0 Å². The van der Waals surface area contributed by atoms with Gasteiger partial charge in [-0.3, -0.25) is 0 Å². The van der Waals surface area contributed by atoms with E-state index in [1.807, 2.05) is 38.1 Å². The van der Waals surface area contributed by atoms with E-state index in [9.17, 15) is 4.79 Å². The summed E-state index contributed by atoms with van der Waals surface area (Å²) >= 11 is 5.85. The van der Waals surface area contributed by atoms with Gasteiger partial charge in [0.05, 0.1) is 6.61 Å². The second-order valence-electron chi connectivity index (χ2n) is 5.73. The second kappa shape index (κ2) is 10.5. The van der Waals surface area contributed by atoms with Crippen molar-refractivity contribution in [2.24, 2.45) is 0 Å². The van der Waals surface area contributed by atoms with Gasteiger partial charge in [-0.15, -0.1) is 0 Å². The maximum absolute atomic E-state index is 11.5. The van der Waals surface area contributed by atoms with Crippen LogP contribution in [-0.4, -0.2) is 18.7 Å². The van der Waals surface area contributed by atoms with Gasteiger partial charge in [0.1, 0.15) is 23.4 Å². The third kappa shape index (κ3) is 7.19. The van der Waals surface area contributed by atoms with Crippen LogP contribution >= 0.6 is 11.6 Å². The first-order valence-corrected chi connectivity index (χ1v) is 8.99. The molecule has 0 saturated carbocycles. The summed E-state index contributed by atoms with van der Waals surface area (Å²) in [5.74, 6) is 1.74. The van der Waals surface area contributed by atoms with Crippen molar-refractivity contribution in [3.05, 3.63) is 65.7 Å². The summed E-state index contributed by atoms with van der Waals surface area (Å²) in [4.78, 5) is 11.5. The number of carbonyl (C=O) groups is 1. The first kappa shape index (κ1) is 19.9. The number of benzene rings is 2. The molecule has 0 fully saturated rings. The minimum atomic E-state index is -0.347. The molecule has 0 N–H and O–H groups in total. The summed E-state index contributed by atoms with van der Waals surface area (Å²) in [7, 11) is 0. The van der Waals surface area contributed by atoms with Crippen LogP contribution in [-0.2, 0) is 9.53 Å². The average molecular weight is 375 g/mol. The van der Waals surface area contributed by atoms with Crippen molar-refractivity contribution in [1.82, 2.24) is 0 Å². The zero-order valence-corrected chi connectivity index (χ0v) is 15.7. The number of hydrogen-bond donors (Lipinski definition) is 0. The zero-order valence-electron chi connectivity index (χ0n) is 15.0. The Balaban J connectivity index is 1.82. The summed E-state index contributed by atoms with van der Waals surface area (Å²) in [5.41, 5.74) is 0. The molecule has 0 spiro atoms. The molecule has 0 aromatic heterocycles. The first-order chi connectivity index (χ1) is 12.6. The van der Waals surface area contributed by atoms with E-state index in [1.54, 1.807) is 30.3 Å². The molecule has 0 aliphatic carbocycles. The number of carbonyl (C=O) groups excluding carboxylic acids is 1. The largest absolute Gasteiger partial charge is 0.487 e. The fourth-order valence-electron chi connectivity index (χ4n) is 2.06. The molecule has 1 unspecified atom stereocenters. The molecule has 2 aromatic rings. The van der Waals surface area contributed by atoms with Crippen molar-refractivity contribution in [3.63, 3.8) is 0 Å². The topological polar surface area (TPSA) is 44.8 Å². The van der Waals surface area contributed by atoms with Gasteiger partial charge in [-0.1, -0.05) is 24.9 Å². The van der Waals surface area contributed by atoms with Gasteiger partial charge in [0, 0.05) is 11.1 Å². The Labute approximate surface area is 159 Å². The highest BCUT2D eigenvalue weighted by Crippen LogP contribution is 2.25. The second-order valence-corrected chi connectivity index (χ2v) is 6.17. The number of ether oxygens (including phenoxy) is 3. The van der Waals surface area contributed by atoms with Gasteiger partial charge in [-0.05, 0) is 68.0 Å². The SMILES string of the molecule is CCCCOC(=O)C=CC(C)Oc1ccc(Oc2ccc(Cl)cc2)cc1. The highest BCUT2D eigenvalue weighted by Gasteiger charge is 2.03. The molecule has 4 nitrogen and oxygen atoms in total. The molecule has 0 radical (unpaired) electrons. The molecular weight excluding hydrogens is 352 g/mol. The predicted octanol–water partition coefficient (Wildman–Crippen LogP) is 5.80. The Morgan fingerprint density at radius 1 is 1.04 bits per heavy atom. The minimum absolute atomic E-state index is 0.253. The summed E-state index contributed by atoms with van der Waals surface area (Å²) in [5, 5.41) is 0.664. The van der Waals surface area contributed by atoms with Crippen LogP contribution in [0.25, 0.3) is 0 Å². The number of esters is 1. The first-order valence-electron chi connectivity index (χ1n) is 8.62. The molecule has 26 heavy (non-hydrogen) atoms. The molecule has 0 bridgehead atoms. The van der Waals surface area contributed by atoms with Crippen molar-refractivity contribution in [1.29, 1.82) is 0 Å².